The fourth-order valence-corrected chi connectivity index (χ4v) is 3.01. The summed E-state index contributed by atoms with van der Waals surface area (Å²) in [5.74, 6) is 0.693. The van der Waals surface area contributed by atoms with E-state index in [0.717, 1.165) is 0 Å². The Hall–Kier alpha value is -0.410. The van der Waals surface area contributed by atoms with Crippen molar-refractivity contribution in [2.75, 3.05) is 0 Å². The molecule has 14 heavy (non-hydrogen) atoms. The van der Waals surface area contributed by atoms with E-state index in [2.05, 4.69) is 4.98 Å². The van der Waals surface area contributed by atoms with Crippen LogP contribution in [0.3, 0.4) is 0 Å². The van der Waals surface area contributed by atoms with Crippen molar-refractivity contribution in [1.29, 1.82) is 0 Å². The maximum atomic E-state index is 6.25. The van der Waals surface area contributed by atoms with Gasteiger partial charge in [-0.3, -0.25) is 4.98 Å². The summed E-state index contributed by atoms with van der Waals surface area (Å²) in [6.07, 6.45) is 10.0. The summed E-state index contributed by atoms with van der Waals surface area (Å²) in [4.78, 5) is 5.36. The summed E-state index contributed by atoms with van der Waals surface area (Å²) in [6.45, 7) is 0. The van der Waals surface area contributed by atoms with Gasteiger partial charge in [-0.2, -0.15) is 0 Å². The van der Waals surface area contributed by atoms with Crippen LogP contribution in [0.15, 0.2) is 11.7 Å². The molecule has 0 spiro atoms. The molecule has 1 fully saturated rings. The van der Waals surface area contributed by atoms with Crippen LogP contribution in [-0.4, -0.2) is 4.98 Å². The highest BCUT2D eigenvalue weighted by molar-refractivity contribution is 7.09. The van der Waals surface area contributed by atoms with E-state index in [1.165, 1.54) is 43.4 Å². The van der Waals surface area contributed by atoms with Crippen LogP contribution in [0.25, 0.3) is 0 Å². The van der Waals surface area contributed by atoms with Crippen molar-refractivity contribution in [2.24, 2.45) is 11.7 Å². The fourth-order valence-electron chi connectivity index (χ4n) is 2.29. The predicted molar refractivity (Wildman–Crippen MR) is 60.2 cm³/mol. The van der Waals surface area contributed by atoms with Crippen molar-refractivity contribution >= 4 is 11.3 Å². The van der Waals surface area contributed by atoms with E-state index in [4.69, 9.17) is 5.73 Å². The van der Waals surface area contributed by atoms with Crippen molar-refractivity contribution in [1.82, 2.24) is 4.98 Å². The highest BCUT2D eigenvalue weighted by atomic mass is 32.1. The highest BCUT2D eigenvalue weighted by Crippen LogP contribution is 2.33. The van der Waals surface area contributed by atoms with Crippen molar-refractivity contribution in [2.45, 2.75) is 44.6 Å². The minimum atomic E-state index is 0.237. The van der Waals surface area contributed by atoms with E-state index in [-0.39, 0.29) is 6.04 Å². The molecule has 0 bridgehead atoms. The third kappa shape index (κ3) is 2.34. The van der Waals surface area contributed by atoms with Crippen molar-refractivity contribution < 1.29 is 0 Å². The molecule has 1 aliphatic rings. The Balaban J connectivity index is 1.99. The number of nitrogens with two attached hydrogens (primary N) is 1. The molecule has 1 saturated carbocycles. The zero-order valence-corrected chi connectivity index (χ0v) is 9.30. The second-order valence-electron chi connectivity index (χ2n) is 4.18. The number of nitrogens with zero attached hydrogens (tertiary/aromatic N) is 1. The van der Waals surface area contributed by atoms with Gasteiger partial charge < -0.3 is 5.73 Å². The van der Waals surface area contributed by atoms with E-state index in [1.54, 1.807) is 11.3 Å². The van der Waals surface area contributed by atoms with Crippen LogP contribution in [0, 0.1) is 5.92 Å². The number of thiazole rings is 1. The first kappa shape index (κ1) is 10.1. The molecule has 1 aromatic rings. The first-order valence-electron chi connectivity index (χ1n) is 5.52. The van der Waals surface area contributed by atoms with Gasteiger partial charge in [-0.1, -0.05) is 25.7 Å². The molecule has 1 unspecified atom stereocenters. The maximum Gasteiger partial charge on any atom is 0.0794 e. The van der Waals surface area contributed by atoms with Crippen molar-refractivity contribution in [3.05, 3.63) is 16.6 Å². The molecule has 1 atom stereocenters. The summed E-state index contributed by atoms with van der Waals surface area (Å²) in [5.41, 5.74) is 8.13. The zero-order chi connectivity index (χ0) is 9.80. The van der Waals surface area contributed by atoms with Gasteiger partial charge in [-0.05, 0) is 18.8 Å². The van der Waals surface area contributed by atoms with Crippen LogP contribution in [0.4, 0.5) is 0 Å². The third-order valence-electron chi connectivity index (χ3n) is 3.19. The molecular weight excluding hydrogens is 192 g/mol. The molecule has 78 valence electrons. The molecule has 0 saturated heterocycles. The molecule has 0 aromatic carbocycles. The van der Waals surface area contributed by atoms with Gasteiger partial charge >= 0.3 is 0 Å². The first-order valence-corrected chi connectivity index (χ1v) is 6.40. The Morgan fingerprint density at radius 2 is 2.00 bits per heavy atom. The third-order valence-corrected chi connectivity index (χ3v) is 4.06. The summed E-state index contributed by atoms with van der Waals surface area (Å²) in [7, 11) is 0. The van der Waals surface area contributed by atoms with Gasteiger partial charge in [-0.25, -0.2) is 0 Å². The van der Waals surface area contributed by atoms with Crippen molar-refractivity contribution in [3.63, 3.8) is 0 Å². The lowest BCUT2D eigenvalue weighted by Gasteiger charge is -2.20. The van der Waals surface area contributed by atoms with Crippen LogP contribution in [0.5, 0.6) is 0 Å². The molecule has 0 aliphatic heterocycles. The monoisotopic (exact) mass is 210 g/mol. The Morgan fingerprint density at radius 3 is 2.57 bits per heavy atom. The Kier molecular flexibility index (Phi) is 3.54. The second-order valence-corrected chi connectivity index (χ2v) is 5.10. The lowest BCUT2D eigenvalue weighted by molar-refractivity contribution is 0.386. The quantitative estimate of drug-likeness (QED) is 0.762. The summed E-state index contributed by atoms with van der Waals surface area (Å²) < 4.78 is 0. The predicted octanol–water partition coefficient (Wildman–Crippen LogP) is 3.11. The molecular formula is C11H18N2S. The number of hydrogen-bond donors (Lipinski definition) is 1. The Labute approximate surface area is 89.5 Å². The van der Waals surface area contributed by atoms with Gasteiger partial charge in [-0.15, -0.1) is 11.3 Å². The maximum absolute atomic E-state index is 6.25. The van der Waals surface area contributed by atoms with E-state index < -0.39 is 0 Å². The summed E-state index contributed by atoms with van der Waals surface area (Å²) in [6, 6.07) is 0.237. The van der Waals surface area contributed by atoms with Gasteiger partial charge in [0.2, 0.25) is 0 Å². The largest absolute Gasteiger partial charge is 0.323 e. The summed E-state index contributed by atoms with van der Waals surface area (Å²) >= 11 is 1.70. The standard InChI is InChI=1S/C11H18N2S/c12-11(10-7-13-8-14-10)9-5-3-1-2-4-6-9/h7-9,11H,1-6,12H2. The van der Waals surface area contributed by atoms with Crippen LogP contribution in [0.1, 0.15) is 49.4 Å². The van der Waals surface area contributed by atoms with Crippen LogP contribution in [0.2, 0.25) is 0 Å². The number of aromatic nitrogens is 1. The van der Waals surface area contributed by atoms with E-state index >= 15 is 0 Å². The SMILES string of the molecule is NC(c1cncs1)C1CCCCCC1. The molecule has 2 rings (SSSR count). The van der Waals surface area contributed by atoms with E-state index in [1.807, 2.05) is 11.7 Å². The highest BCUT2D eigenvalue weighted by Gasteiger charge is 2.21. The number of hydrogen-bond acceptors (Lipinski definition) is 3. The minimum absolute atomic E-state index is 0.237. The van der Waals surface area contributed by atoms with E-state index in [0.29, 0.717) is 5.92 Å². The normalized spacial score (nSPS) is 21.8. The molecule has 2 N–H and O–H groups in total. The molecule has 1 aliphatic carbocycles. The van der Waals surface area contributed by atoms with E-state index in [9.17, 15) is 0 Å². The average molecular weight is 210 g/mol. The molecule has 0 radical (unpaired) electrons. The molecule has 2 nitrogen and oxygen atoms in total. The zero-order valence-electron chi connectivity index (χ0n) is 8.48. The molecule has 1 heterocycles. The molecule has 1 aromatic heterocycles. The minimum Gasteiger partial charge on any atom is -0.323 e. The Morgan fingerprint density at radius 1 is 1.29 bits per heavy atom. The number of rotatable bonds is 2. The smallest absolute Gasteiger partial charge is 0.0794 e. The van der Waals surface area contributed by atoms with Gasteiger partial charge in [0, 0.05) is 17.1 Å². The van der Waals surface area contributed by atoms with Gasteiger partial charge in [0.1, 0.15) is 0 Å². The molecule has 0 amide bonds. The van der Waals surface area contributed by atoms with Gasteiger partial charge in [0.25, 0.3) is 0 Å². The van der Waals surface area contributed by atoms with Gasteiger partial charge in [0.05, 0.1) is 5.51 Å². The van der Waals surface area contributed by atoms with Crippen LogP contribution in [-0.2, 0) is 0 Å². The lowest BCUT2D eigenvalue weighted by Crippen LogP contribution is -2.19. The van der Waals surface area contributed by atoms with Crippen LogP contribution < -0.4 is 5.73 Å². The van der Waals surface area contributed by atoms with Crippen molar-refractivity contribution in [3.8, 4) is 0 Å². The topological polar surface area (TPSA) is 38.9 Å². The lowest BCUT2D eigenvalue weighted by atomic mass is 9.92. The average Bonchev–Trinajstić information content (AvgIpc) is 2.59. The summed E-state index contributed by atoms with van der Waals surface area (Å²) in [5, 5.41) is 0. The second kappa shape index (κ2) is 4.89. The van der Waals surface area contributed by atoms with Gasteiger partial charge in [0.15, 0.2) is 0 Å². The fraction of sp³-hybridized carbons (Fsp3) is 0.727. The van der Waals surface area contributed by atoms with Crippen LogP contribution >= 0.6 is 11.3 Å². The Bertz CT molecular complexity index is 250. The molecule has 3 heteroatoms. The first-order chi connectivity index (χ1) is 6.88.